The summed E-state index contributed by atoms with van der Waals surface area (Å²) in [6, 6.07) is 7.89. The molecule has 0 aliphatic rings. The van der Waals surface area contributed by atoms with E-state index in [9.17, 15) is 4.79 Å². The number of hydrogen-bond acceptors (Lipinski definition) is 2. The van der Waals surface area contributed by atoms with E-state index < -0.39 is 0 Å². The van der Waals surface area contributed by atoms with Crippen LogP contribution in [0.25, 0.3) is 10.9 Å². The molecule has 0 N–H and O–H groups in total. The van der Waals surface area contributed by atoms with Gasteiger partial charge < -0.3 is 9.30 Å². The van der Waals surface area contributed by atoms with Gasteiger partial charge in [0.2, 0.25) is 0 Å². The normalized spacial score (nSPS) is 12.6. The average molecular weight is 245 g/mol. The Morgan fingerprint density at radius 1 is 1.33 bits per heavy atom. The summed E-state index contributed by atoms with van der Waals surface area (Å²) in [5, 5.41) is 1.11. The fraction of sp³-hybridized carbons (Fsp3) is 0.400. The molecular formula is C15H19NO2. The van der Waals surface area contributed by atoms with Gasteiger partial charge in [-0.25, -0.2) is 0 Å². The molecular weight excluding hydrogens is 226 g/mol. The summed E-state index contributed by atoms with van der Waals surface area (Å²) < 4.78 is 7.50. The molecule has 1 aromatic carbocycles. The van der Waals surface area contributed by atoms with Crippen LogP contribution >= 0.6 is 0 Å². The van der Waals surface area contributed by atoms with Crippen LogP contribution in [0.1, 0.15) is 33.2 Å². The molecule has 0 aliphatic carbocycles. The number of fused-ring (bicyclic) bond motifs is 1. The Labute approximate surface area is 107 Å². The highest BCUT2D eigenvalue weighted by Crippen LogP contribution is 2.25. The minimum Gasteiger partial charge on any atom is -0.494 e. The first-order valence-electron chi connectivity index (χ1n) is 6.43. The molecule has 0 saturated carbocycles. The molecule has 1 atom stereocenters. The molecule has 3 nitrogen and oxygen atoms in total. The van der Waals surface area contributed by atoms with E-state index in [1.165, 1.54) is 0 Å². The molecule has 0 saturated heterocycles. The standard InChI is InChI=1S/C15H19NO2/c1-4-15(17)11(3)16-9-8-12-10-13(18-5-2)6-7-14(12)16/h6-11H,4-5H2,1-3H3. The molecule has 3 heteroatoms. The molecule has 1 unspecified atom stereocenters. The first-order valence-corrected chi connectivity index (χ1v) is 6.43. The van der Waals surface area contributed by atoms with Crippen molar-refractivity contribution < 1.29 is 9.53 Å². The van der Waals surface area contributed by atoms with Gasteiger partial charge in [-0.15, -0.1) is 0 Å². The zero-order valence-electron chi connectivity index (χ0n) is 11.1. The maximum absolute atomic E-state index is 11.8. The number of hydrogen-bond donors (Lipinski definition) is 0. The fourth-order valence-corrected chi connectivity index (χ4v) is 2.19. The van der Waals surface area contributed by atoms with Crippen molar-refractivity contribution in [2.24, 2.45) is 0 Å². The van der Waals surface area contributed by atoms with Gasteiger partial charge in [0.1, 0.15) is 5.75 Å². The summed E-state index contributed by atoms with van der Waals surface area (Å²) in [6.07, 6.45) is 2.54. The number of aromatic nitrogens is 1. The van der Waals surface area contributed by atoms with Crippen molar-refractivity contribution in [2.45, 2.75) is 33.2 Å². The SMILES string of the molecule is CCOc1ccc2c(ccn2C(C)C(=O)CC)c1. The second-order valence-corrected chi connectivity index (χ2v) is 4.37. The third-order valence-corrected chi connectivity index (χ3v) is 3.23. The summed E-state index contributed by atoms with van der Waals surface area (Å²) in [7, 11) is 0. The molecule has 0 radical (unpaired) electrons. The quantitative estimate of drug-likeness (QED) is 0.806. The van der Waals surface area contributed by atoms with E-state index in [0.717, 1.165) is 16.7 Å². The highest BCUT2D eigenvalue weighted by Gasteiger charge is 2.14. The zero-order valence-corrected chi connectivity index (χ0v) is 11.1. The third-order valence-electron chi connectivity index (χ3n) is 3.23. The van der Waals surface area contributed by atoms with Gasteiger partial charge in [0.25, 0.3) is 0 Å². The lowest BCUT2D eigenvalue weighted by molar-refractivity contribution is -0.121. The van der Waals surface area contributed by atoms with Crippen LogP contribution in [0.15, 0.2) is 30.5 Å². The molecule has 0 amide bonds. The zero-order chi connectivity index (χ0) is 13.1. The summed E-state index contributed by atoms with van der Waals surface area (Å²) in [5.41, 5.74) is 1.08. The Morgan fingerprint density at radius 3 is 2.78 bits per heavy atom. The molecule has 0 bridgehead atoms. The Bertz CT molecular complexity index is 557. The smallest absolute Gasteiger partial charge is 0.155 e. The Balaban J connectivity index is 2.39. The van der Waals surface area contributed by atoms with Crippen LogP contribution in [-0.4, -0.2) is 17.0 Å². The summed E-state index contributed by atoms with van der Waals surface area (Å²) in [4.78, 5) is 11.8. The molecule has 2 aromatic rings. The third kappa shape index (κ3) is 2.26. The van der Waals surface area contributed by atoms with E-state index in [0.29, 0.717) is 13.0 Å². The van der Waals surface area contributed by atoms with E-state index in [-0.39, 0.29) is 11.8 Å². The van der Waals surface area contributed by atoms with Crippen molar-refractivity contribution in [1.82, 2.24) is 4.57 Å². The molecule has 0 spiro atoms. The van der Waals surface area contributed by atoms with Crippen LogP contribution in [0, 0.1) is 0 Å². The number of carbonyl (C=O) groups is 1. The lowest BCUT2D eigenvalue weighted by atomic mass is 10.1. The predicted octanol–water partition coefficient (Wildman–Crippen LogP) is 3.58. The Hall–Kier alpha value is -1.77. The second kappa shape index (κ2) is 5.25. The van der Waals surface area contributed by atoms with Gasteiger partial charge in [-0.3, -0.25) is 4.79 Å². The van der Waals surface area contributed by atoms with Gasteiger partial charge in [0.15, 0.2) is 5.78 Å². The molecule has 96 valence electrons. The van der Waals surface area contributed by atoms with E-state index in [1.807, 2.05) is 55.8 Å². The fourth-order valence-electron chi connectivity index (χ4n) is 2.19. The topological polar surface area (TPSA) is 31.2 Å². The van der Waals surface area contributed by atoms with E-state index in [2.05, 4.69) is 0 Å². The monoisotopic (exact) mass is 245 g/mol. The maximum atomic E-state index is 11.8. The first-order chi connectivity index (χ1) is 8.67. The summed E-state index contributed by atoms with van der Waals surface area (Å²) in [6.45, 7) is 6.48. The number of nitrogens with zero attached hydrogens (tertiary/aromatic N) is 1. The van der Waals surface area contributed by atoms with E-state index in [1.54, 1.807) is 0 Å². The summed E-state index contributed by atoms with van der Waals surface area (Å²) >= 11 is 0. The lowest BCUT2D eigenvalue weighted by Gasteiger charge is -2.13. The van der Waals surface area contributed by atoms with Crippen LogP contribution in [0.2, 0.25) is 0 Å². The van der Waals surface area contributed by atoms with Gasteiger partial charge in [-0.05, 0) is 38.1 Å². The van der Waals surface area contributed by atoms with Gasteiger partial charge in [0.05, 0.1) is 12.6 Å². The van der Waals surface area contributed by atoms with Crippen LogP contribution in [0.5, 0.6) is 5.75 Å². The number of Topliss-reactive ketones (excluding diaryl/α,β-unsaturated/α-hetero) is 1. The Morgan fingerprint density at radius 2 is 2.11 bits per heavy atom. The number of benzene rings is 1. The van der Waals surface area contributed by atoms with Crippen molar-refractivity contribution in [2.75, 3.05) is 6.61 Å². The van der Waals surface area contributed by atoms with E-state index >= 15 is 0 Å². The van der Waals surface area contributed by atoms with Gasteiger partial charge in [-0.2, -0.15) is 0 Å². The molecule has 1 aromatic heterocycles. The first kappa shape index (κ1) is 12.7. The van der Waals surface area contributed by atoms with Crippen LogP contribution in [0.4, 0.5) is 0 Å². The molecule has 0 fully saturated rings. The predicted molar refractivity (Wildman–Crippen MR) is 73.1 cm³/mol. The number of ether oxygens (including phenoxy) is 1. The minimum absolute atomic E-state index is 0.106. The second-order valence-electron chi connectivity index (χ2n) is 4.37. The van der Waals surface area contributed by atoms with Crippen molar-refractivity contribution >= 4 is 16.7 Å². The van der Waals surface area contributed by atoms with Gasteiger partial charge >= 0.3 is 0 Å². The van der Waals surface area contributed by atoms with Gasteiger partial charge in [0, 0.05) is 23.5 Å². The molecule has 1 heterocycles. The highest BCUT2D eigenvalue weighted by atomic mass is 16.5. The minimum atomic E-state index is -0.106. The van der Waals surface area contributed by atoms with Crippen LogP contribution < -0.4 is 4.74 Å². The maximum Gasteiger partial charge on any atom is 0.155 e. The van der Waals surface area contributed by atoms with Crippen LogP contribution in [-0.2, 0) is 4.79 Å². The number of rotatable bonds is 5. The summed E-state index contributed by atoms with van der Waals surface area (Å²) in [5.74, 6) is 1.12. The van der Waals surface area contributed by atoms with Crippen LogP contribution in [0.3, 0.4) is 0 Å². The highest BCUT2D eigenvalue weighted by molar-refractivity contribution is 5.87. The van der Waals surface area contributed by atoms with Gasteiger partial charge in [-0.1, -0.05) is 6.92 Å². The van der Waals surface area contributed by atoms with Crippen molar-refractivity contribution in [3.8, 4) is 5.75 Å². The van der Waals surface area contributed by atoms with Crippen molar-refractivity contribution in [3.05, 3.63) is 30.5 Å². The molecule has 0 aliphatic heterocycles. The lowest BCUT2D eigenvalue weighted by Crippen LogP contribution is -2.14. The largest absolute Gasteiger partial charge is 0.494 e. The number of ketones is 1. The number of carbonyl (C=O) groups excluding carboxylic acids is 1. The van der Waals surface area contributed by atoms with Crippen molar-refractivity contribution in [3.63, 3.8) is 0 Å². The van der Waals surface area contributed by atoms with E-state index in [4.69, 9.17) is 4.74 Å². The Kier molecular flexibility index (Phi) is 3.70. The molecule has 2 rings (SSSR count). The average Bonchev–Trinajstić information content (AvgIpc) is 2.80. The van der Waals surface area contributed by atoms with Crippen molar-refractivity contribution in [1.29, 1.82) is 0 Å². The molecule has 18 heavy (non-hydrogen) atoms.